The second-order valence-electron chi connectivity index (χ2n) is 4.59. The van der Waals surface area contributed by atoms with Crippen LogP contribution < -0.4 is 10.1 Å². The van der Waals surface area contributed by atoms with Crippen LogP contribution in [-0.4, -0.2) is 12.1 Å². The summed E-state index contributed by atoms with van der Waals surface area (Å²) in [5.74, 6) is 2.49. The number of hydrogen-bond acceptors (Lipinski definition) is 4. The van der Waals surface area contributed by atoms with Gasteiger partial charge in [0.05, 0.1) is 19.3 Å². The van der Waals surface area contributed by atoms with E-state index in [0.29, 0.717) is 6.54 Å². The number of aromatic nitrogens is 1. The molecule has 0 radical (unpaired) electrons. The number of ether oxygens (including phenoxy) is 1. The molecule has 0 saturated carbocycles. The molecule has 0 unspecified atom stereocenters. The summed E-state index contributed by atoms with van der Waals surface area (Å²) in [5.41, 5.74) is 2.08. The Hall–Kier alpha value is -1.81. The van der Waals surface area contributed by atoms with Gasteiger partial charge in [-0.2, -0.15) is 0 Å². The molecule has 0 saturated heterocycles. The molecule has 4 nitrogen and oxygen atoms in total. The average molecular weight is 260 g/mol. The van der Waals surface area contributed by atoms with Crippen molar-refractivity contribution < 1.29 is 9.15 Å². The first-order chi connectivity index (χ1) is 9.11. The molecule has 0 aliphatic carbocycles. The van der Waals surface area contributed by atoms with Crippen LogP contribution in [0.2, 0.25) is 0 Å². The summed E-state index contributed by atoms with van der Waals surface area (Å²) >= 11 is 0. The van der Waals surface area contributed by atoms with E-state index in [0.717, 1.165) is 28.7 Å². The molecule has 1 atom stereocenters. The fourth-order valence-electron chi connectivity index (χ4n) is 1.99. The summed E-state index contributed by atoms with van der Waals surface area (Å²) in [6, 6.07) is 8.17. The van der Waals surface area contributed by atoms with Crippen LogP contribution in [0.1, 0.15) is 35.9 Å². The van der Waals surface area contributed by atoms with E-state index < -0.39 is 0 Å². The van der Waals surface area contributed by atoms with Gasteiger partial charge in [0.25, 0.3) is 0 Å². The van der Waals surface area contributed by atoms with E-state index in [9.17, 15) is 0 Å². The lowest BCUT2D eigenvalue weighted by Gasteiger charge is -2.16. The summed E-state index contributed by atoms with van der Waals surface area (Å²) in [5, 5.41) is 3.39. The van der Waals surface area contributed by atoms with Crippen molar-refractivity contribution >= 4 is 0 Å². The van der Waals surface area contributed by atoms with Crippen molar-refractivity contribution in [3.05, 3.63) is 47.2 Å². The predicted octanol–water partition coefficient (Wildman–Crippen LogP) is 3.15. The number of para-hydroxylation sites is 1. The molecule has 1 heterocycles. The quantitative estimate of drug-likeness (QED) is 0.897. The highest BCUT2D eigenvalue weighted by Gasteiger charge is 2.12. The molecule has 0 fully saturated rings. The highest BCUT2D eigenvalue weighted by molar-refractivity contribution is 5.35. The maximum atomic E-state index is 5.55. The lowest BCUT2D eigenvalue weighted by atomic mass is 10.1. The zero-order valence-electron chi connectivity index (χ0n) is 11.9. The molecular formula is C15H20N2O2. The Labute approximate surface area is 113 Å². The Morgan fingerprint density at radius 3 is 2.68 bits per heavy atom. The predicted molar refractivity (Wildman–Crippen MR) is 74.2 cm³/mol. The van der Waals surface area contributed by atoms with Gasteiger partial charge in [-0.25, -0.2) is 4.98 Å². The maximum Gasteiger partial charge on any atom is 0.208 e. The Morgan fingerprint density at radius 2 is 2.05 bits per heavy atom. The van der Waals surface area contributed by atoms with Crippen molar-refractivity contribution in [1.29, 1.82) is 0 Å². The van der Waals surface area contributed by atoms with Crippen molar-refractivity contribution in [2.45, 2.75) is 33.4 Å². The van der Waals surface area contributed by atoms with Crippen LogP contribution >= 0.6 is 0 Å². The zero-order valence-corrected chi connectivity index (χ0v) is 11.9. The molecule has 1 aromatic carbocycles. The van der Waals surface area contributed by atoms with Crippen LogP contribution in [0.25, 0.3) is 0 Å². The summed E-state index contributed by atoms with van der Waals surface area (Å²) in [4.78, 5) is 4.36. The number of nitrogens with zero attached hydrogens (tertiary/aromatic N) is 1. The molecule has 2 rings (SSSR count). The van der Waals surface area contributed by atoms with Crippen LogP contribution in [0.15, 0.2) is 28.7 Å². The zero-order chi connectivity index (χ0) is 13.8. The van der Waals surface area contributed by atoms with Gasteiger partial charge in [0, 0.05) is 11.6 Å². The molecule has 0 aliphatic rings. The van der Waals surface area contributed by atoms with Gasteiger partial charge in [-0.05, 0) is 26.8 Å². The van der Waals surface area contributed by atoms with E-state index >= 15 is 0 Å². The summed E-state index contributed by atoms with van der Waals surface area (Å²) < 4.78 is 10.9. The van der Waals surface area contributed by atoms with Crippen molar-refractivity contribution in [2.24, 2.45) is 0 Å². The van der Waals surface area contributed by atoms with Gasteiger partial charge in [-0.1, -0.05) is 18.2 Å². The minimum Gasteiger partial charge on any atom is -0.496 e. The molecule has 1 aromatic heterocycles. The third-order valence-corrected chi connectivity index (χ3v) is 3.24. The second kappa shape index (κ2) is 5.89. The number of aryl methyl sites for hydroxylation is 2. The fraction of sp³-hybridized carbons (Fsp3) is 0.400. The van der Waals surface area contributed by atoms with Gasteiger partial charge in [0.15, 0.2) is 0 Å². The van der Waals surface area contributed by atoms with E-state index in [-0.39, 0.29) is 6.04 Å². The molecule has 0 spiro atoms. The number of rotatable bonds is 5. The highest BCUT2D eigenvalue weighted by Crippen LogP contribution is 2.24. The van der Waals surface area contributed by atoms with E-state index in [4.69, 9.17) is 9.15 Å². The third kappa shape index (κ3) is 3.15. The van der Waals surface area contributed by atoms with Gasteiger partial charge in [0.1, 0.15) is 11.5 Å². The van der Waals surface area contributed by atoms with Gasteiger partial charge >= 0.3 is 0 Å². The van der Waals surface area contributed by atoms with Crippen molar-refractivity contribution in [2.75, 3.05) is 7.11 Å². The number of oxazole rings is 1. The molecule has 4 heteroatoms. The van der Waals surface area contributed by atoms with Gasteiger partial charge in [-0.3, -0.25) is 0 Å². The molecule has 0 bridgehead atoms. The van der Waals surface area contributed by atoms with E-state index in [1.165, 1.54) is 0 Å². The largest absolute Gasteiger partial charge is 0.496 e. The molecule has 0 aliphatic heterocycles. The summed E-state index contributed by atoms with van der Waals surface area (Å²) in [6.07, 6.45) is 0. The standard InChI is InChI=1S/C15H20N2O2/c1-10-12(3)19-15(17-10)9-16-11(2)13-7-5-6-8-14(13)18-4/h5-8,11,16H,9H2,1-4H3/t11-/m0/s1. The molecule has 2 aromatic rings. The first-order valence-electron chi connectivity index (χ1n) is 6.41. The minimum atomic E-state index is 0.170. The first kappa shape index (κ1) is 13.6. The van der Waals surface area contributed by atoms with E-state index in [1.807, 2.05) is 32.0 Å². The van der Waals surface area contributed by atoms with Crippen LogP contribution in [0, 0.1) is 13.8 Å². The van der Waals surface area contributed by atoms with E-state index in [2.05, 4.69) is 23.3 Å². The second-order valence-corrected chi connectivity index (χ2v) is 4.59. The van der Waals surface area contributed by atoms with Crippen LogP contribution in [-0.2, 0) is 6.54 Å². The Bertz CT molecular complexity index is 529. The molecular weight excluding hydrogens is 240 g/mol. The number of benzene rings is 1. The van der Waals surface area contributed by atoms with Gasteiger partial charge in [-0.15, -0.1) is 0 Å². The highest BCUT2D eigenvalue weighted by atomic mass is 16.5. The summed E-state index contributed by atoms with van der Waals surface area (Å²) in [6.45, 7) is 6.58. The first-order valence-corrected chi connectivity index (χ1v) is 6.41. The Balaban J connectivity index is 2.03. The SMILES string of the molecule is COc1ccccc1[C@H](C)NCc1nc(C)c(C)o1. The van der Waals surface area contributed by atoms with Gasteiger partial charge < -0.3 is 14.5 Å². The molecule has 0 amide bonds. The molecule has 19 heavy (non-hydrogen) atoms. The van der Waals surface area contributed by atoms with E-state index in [1.54, 1.807) is 7.11 Å². The number of methoxy groups -OCH3 is 1. The molecule has 1 N–H and O–H groups in total. The van der Waals surface area contributed by atoms with Crippen molar-refractivity contribution in [3.8, 4) is 5.75 Å². The lowest BCUT2D eigenvalue weighted by molar-refractivity contribution is 0.394. The van der Waals surface area contributed by atoms with Crippen LogP contribution in [0.5, 0.6) is 5.75 Å². The Morgan fingerprint density at radius 1 is 1.32 bits per heavy atom. The minimum absolute atomic E-state index is 0.170. The fourth-order valence-corrected chi connectivity index (χ4v) is 1.99. The van der Waals surface area contributed by atoms with Crippen molar-refractivity contribution in [3.63, 3.8) is 0 Å². The average Bonchev–Trinajstić information content (AvgIpc) is 2.75. The smallest absolute Gasteiger partial charge is 0.208 e. The monoisotopic (exact) mass is 260 g/mol. The lowest BCUT2D eigenvalue weighted by Crippen LogP contribution is -2.18. The molecule has 102 valence electrons. The van der Waals surface area contributed by atoms with Crippen molar-refractivity contribution in [1.82, 2.24) is 10.3 Å². The van der Waals surface area contributed by atoms with Crippen LogP contribution in [0.3, 0.4) is 0 Å². The third-order valence-electron chi connectivity index (χ3n) is 3.24. The Kier molecular flexibility index (Phi) is 4.22. The van der Waals surface area contributed by atoms with Crippen LogP contribution in [0.4, 0.5) is 0 Å². The number of hydrogen-bond donors (Lipinski definition) is 1. The normalized spacial score (nSPS) is 12.4. The topological polar surface area (TPSA) is 47.3 Å². The summed E-state index contributed by atoms with van der Waals surface area (Å²) in [7, 11) is 1.69. The maximum absolute atomic E-state index is 5.55. The number of nitrogens with one attached hydrogen (secondary N) is 1. The van der Waals surface area contributed by atoms with Gasteiger partial charge in [0.2, 0.25) is 5.89 Å².